The van der Waals surface area contributed by atoms with Crippen LogP contribution < -0.4 is 5.32 Å². The van der Waals surface area contributed by atoms with Crippen LogP contribution in [0.2, 0.25) is 5.15 Å². The van der Waals surface area contributed by atoms with Gasteiger partial charge in [-0.25, -0.2) is 9.78 Å². The van der Waals surface area contributed by atoms with E-state index in [1.165, 1.54) is 24.6 Å². The van der Waals surface area contributed by atoms with Gasteiger partial charge in [-0.05, 0) is 24.1 Å². The number of amides is 1. The Morgan fingerprint density at radius 1 is 1.36 bits per heavy atom. The van der Waals surface area contributed by atoms with Gasteiger partial charge < -0.3 is 10.1 Å². The fourth-order valence-electron chi connectivity index (χ4n) is 1.77. The van der Waals surface area contributed by atoms with Crippen molar-refractivity contribution in [1.82, 2.24) is 4.98 Å². The lowest BCUT2D eigenvalue weighted by molar-refractivity contribution is 0.0602. The number of pyridine rings is 1. The van der Waals surface area contributed by atoms with Crippen LogP contribution in [-0.2, 0) is 4.74 Å². The van der Waals surface area contributed by atoms with Gasteiger partial charge in [0.1, 0.15) is 10.2 Å². The maximum atomic E-state index is 12.3. The highest BCUT2D eigenvalue weighted by atomic mass is 35.5. The lowest BCUT2D eigenvalue weighted by Gasteiger charge is -2.06. The molecule has 0 atom stereocenters. The Hall–Kier alpha value is -1.92. The van der Waals surface area contributed by atoms with Crippen LogP contribution in [-0.4, -0.2) is 24.0 Å². The highest BCUT2D eigenvalue weighted by Gasteiger charge is 2.21. The molecule has 1 amide bonds. The number of methoxy groups -OCH3 is 1. The van der Waals surface area contributed by atoms with Crippen LogP contribution in [0.25, 0.3) is 0 Å². The lowest BCUT2D eigenvalue weighted by Crippen LogP contribution is -2.14. The predicted molar refractivity (Wildman–Crippen MR) is 86.9 cm³/mol. The SMILES string of the molecule is COC(=O)c1cc(C(C)C)sc1NC(=O)c1cccnc1Cl. The van der Waals surface area contributed by atoms with E-state index >= 15 is 0 Å². The fourth-order valence-corrected chi connectivity index (χ4v) is 3.02. The van der Waals surface area contributed by atoms with Crippen LogP contribution in [0.5, 0.6) is 0 Å². The van der Waals surface area contributed by atoms with E-state index in [2.05, 4.69) is 10.3 Å². The minimum Gasteiger partial charge on any atom is -0.465 e. The van der Waals surface area contributed by atoms with Crippen molar-refractivity contribution in [3.63, 3.8) is 0 Å². The number of rotatable bonds is 4. The first-order valence-corrected chi connectivity index (χ1v) is 7.77. The Bertz CT molecular complexity index is 713. The fraction of sp³-hybridized carbons (Fsp3) is 0.267. The van der Waals surface area contributed by atoms with Crippen molar-refractivity contribution in [2.75, 3.05) is 12.4 Å². The summed E-state index contributed by atoms with van der Waals surface area (Å²) in [7, 11) is 1.30. The van der Waals surface area contributed by atoms with Gasteiger partial charge >= 0.3 is 5.97 Å². The number of nitrogens with zero attached hydrogens (tertiary/aromatic N) is 1. The van der Waals surface area contributed by atoms with Gasteiger partial charge in [0.2, 0.25) is 0 Å². The smallest absolute Gasteiger partial charge is 0.340 e. The average Bonchev–Trinajstić information content (AvgIpc) is 2.91. The van der Waals surface area contributed by atoms with Crippen LogP contribution in [0.1, 0.15) is 45.4 Å². The summed E-state index contributed by atoms with van der Waals surface area (Å²) >= 11 is 7.25. The first-order chi connectivity index (χ1) is 10.4. The number of halogens is 1. The summed E-state index contributed by atoms with van der Waals surface area (Å²) in [5.74, 6) is -0.669. The Balaban J connectivity index is 2.34. The van der Waals surface area contributed by atoms with Crippen molar-refractivity contribution in [3.05, 3.63) is 45.6 Å². The Labute approximate surface area is 137 Å². The molecular weight excluding hydrogens is 324 g/mol. The molecule has 0 unspecified atom stereocenters. The molecule has 2 heterocycles. The number of hydrogen-bond donors (Lipinski definition) is 1. The van der Waals surface area contributed by atoms with E-state index in [0.29, 0.717) is 10.6 Å². The van der Waals surface area contributed by atoms with Crippen LogP contribution in [0.15, 0.2) is 24.4 Å². The number of hydrogen-bond acceptors (Lipinski definition) is 5. The quantitative estimate of drug-likeness (QED) is 0.676. The highest BCUT2D eigenvalue weighted by molar-refractivity contribution is 7.16. The Kier molecular flexibility index (Phi) is 5.15. The maximum absolute atomic E-state index is 12.3. The number of anilines is 1. The molecule has 0 bridgehead atoms. The van der Waals surface area contributed by atoms with Crippen molar-refractivity contribution >= 4 is 39.8 Å². The van der Waals surface area contributed by atoms with Crippen LogP contribution in [0, 0.1) is 0 Å². The molecule has 2 aromatic heterocycles. The molecule has 0 spiro atoms. The van der Waals surface area contributed by atoms with Gasteiger partial charge in [0.05, 0.1) is 18.2 Å². The molecule has 0 aliphatic carbocycles. The number of carbonyl (C=O) groups excluding carboxylic acids is 2. The summed E-state index contributed by atoms with van der Waals surface area (Å²) in [5, 5.41) is 3.27. The number of aromatic nitrogens is 1. The average molecular weight is 339 g/mol. The minimum atomic E-state index is -0.490. The molecule has 0 saturated carbocycles. The van der Waals surface area contributed by atoms with Gasteiger partial charge in [-0.3, -0.25) is 4.79 Å². The standard InChI is InChI=1S/C15H15ClN2O3S/c1-8(2)11-7-10(15(20)21-3)14(22-11)18-13(19)9-5-4-6-17-12(9)16/h4-8H,1-3H3,(H,18,19). The Morgan fingerprint density at radius 3 is 2.68 bits per heavy atom. The largest absolute Gasteiger partial charge is 0.465 e. The molecule has 22 heavy (non-hydrogen) atoms. The van der Waals surface area contributed by atoms with E-state index in [1.54, 1.807) is 18.2 Å². The zero-order chi connectivity index (χ0) is 16.3. The second-order valence-electron chi connectivity index (χ2n) is 4.83. The van der Waals surface area contributed by atoms with Crippen molar-refractivity contribution in [2.24, 2.45) is 0 Å². The van der Waals surface area contributed by atoms with Gasteiger partial charge in [-0.1, -0.05) is 25.4 Å². The number of carbonyl (C=O) groups is 2. The first-order valence-electron chi connectivity index (χ1n) is 6.58. The molecule has 116 valence electrons. The molecular formula is C15H15ClN2O3S. The van der Waals surface area contributed by atoms with Gasteiger partial charge in [0.25, 0.3) is 5.91 Å². The number of nitrogens with one attached hydrogen (secondary N) is 1. The Morgan fingerprint density at radius 2 is 2.09 bits per heavy atom. The van der Waals surface area contributed by atoms with Crippen molar-refractivity contribution in [1.29, 1.82) is 0 Å². The number of ether oxygens (including phenoxy) is 1. The predicted octanol–water partition coefficient (Wildman–Crippen LogP) is 3.96. The summed E-state index contributed by atoms with van der Waals surface area (Å²) in [6, 6.07) is 4.93. The third-order valence-electron chi connectivity index (χ3n) is 2.96. The molecule has 0 radical (unpaired) electrons. The molecule has 5 nitrogen and oxygen atoms in total. The number of thiophene rings is 1. The molecule has 0 aromatic carbocycles. The lowest BCUT2D eigenvalue weighted by atomic mass is 10.1. The highest BCUT2D eigenvalue weighted by Crippen LogP contribution is 2.33. The molecule has 2 rings (SSSR count). The normalized spacial score (nSPS) is 10.6. The molecule has 0 aliphatic rings. The third-order valence-corrected chi connectivity index (χ3v) is 4.61. The molecule has 1 N–H and O–H groups in total. The van der Waals surface area contributed by atoms with E-state index in [9.17, 15) is 9.59 Å². The zero-order valence-electron chi connectivity index (χ0n) is 12.3. The molecule has 0 fully saturated rings. The van der Waals surface area contributed by atoms with Crippen molar-refractivity contribution in [3.8, 4) is 0 Å². The topological polar surface area (TPSA) is 68.3 Å². The second-order valence-corrected chi connectivity index (χ2v) is 6.28. The van der Waals surface area contributed by atoms with Crippen LogP contribution in [0.3, 0.4) is 0 Å². The van der Waals surface area contributed by atoms with Crippen LogP contribution >= 0.6 is 22.9 Å². The summed E-state index contributed by atoms with van der Waals surface area (Å²) < 4.78 is 4.76. The van der Waals surface area contributed by atoms with E-state index in [-0.39, 0.29) is 16.6 Å². The van der Waals surface area contributed by atoms with Gasteiger partial charge in [-0.2, -0.15) is 0 Å². The van der Waals surface area contributed by atoms with Gasteiger partial charge in [0.15, 0.2) is 0 Å². The van der Waals surface area contributed by atoms with Gasteiger partial charge in [0, 0.05) is 11.1 Å². The van der Waals surface area contributed by atoms with E-state index in [0.717, 1.165) is 4.88 Å². The third kappa shape index (κ3) is 3.45. The summed E-state index contributed by atoms with van der Waals surface area (Å²) in [6.45, 7) is 4.02. The molecule has 7 heteroatoms. The van der Waals surface area contributed by atoms with E-state index < -0.39 is 11.9 Å². The van der Waals surface area contributed by atoms with E-state index in [1.807, 2.05) is 13.8 Å². The summed E-state index contributed by atoms with van der Waals surface area (Å²) in [6.07, 6.45) is 1.50. The van der Waals surface area contributed by atoms with Crippen molar-refractivity contribution < 1.29 is 14.3 Å². The second kappa shape index (κ2) is 6.89. The zero-order valence-corrected chi connectivity index (χ0v) is 13.9. The van der Waals surface area contributed by atoms with Crippen molar-refractivity contribution in [2.45, 2.75) is 19.8 Å². The maximum Gasteiger partial charge on any atom is 0.340 e. The van der Waals surface area contributed by atoms with E-state index in [4.69, 9.17) is 16.3 Å². The summed E-state index contributed by atoms with van der Waals surface area (Å²) in [4.78, 5) is 29.0. The molecule has 0 saturated heterocycles. The van der Waals surface area contributed by atoms with Crippen LogP contribution in [0.4, 0.5) is 5.00 Å². The number of esters is 1. The summed E-state index contributed by atoms with van der Waals surface area (Å²) in [5.41, 5.74) is 0.587. The first kappa shape index (κ1) is 16.5. The molecule has 2 aromatic rings. The monoisotopic (exact) mass is 338 g/mol. The molecule has 0 aliphatic heterocycles. The van der Waals surface area contributed by atoms with Gasteiger partial charge in [-0.15, -0.1) is 11.3 Å². The minimum absolute atomic E-state index is 0.111.